The van der Waals surface area contributed by atoms with E-state index in [0.717, 1.165) is 32.2 Å². The van der Waals surface area contributed by atoms with Gasteiger partial charge in [-0.25, -0.2) is 0 Å². The van der Waals surface area contributed by atoms with Crippen molar-refractivity contribution in [3.05, 3.63) is 0 Å². The monoisotopic (exact) mass is 283 g/mol. The van der Waals surface area contributed by atoms with Crippen molar-refractivity contribution in [2.75, 3.05) is 13.2 Å². The zero-order valence-electron chi connectivity index (χ0n) is 13.5. The molecule has 0 unspecified atom stereocenters. The molecule has 0 saturated heterocycles. The summed E-state index contributed by atoms with van der Waals surface area (Å²) >= 11 is 0. The van der Waals surface area contributed by atoms with Gasteiger partial charge in [-0.3, -0.25) is 4.79 Å². The summed E-state index contributed by atoms with van der Waals surface area (Å²) in [5, 5.41) is 3.65. The molecule has 0 bridgehead atoms. The fourth-order valence-electron chi connectivity index (χ4n) is 3.00. The van der Waals surface area contributed by atoms with Crippen LogP contribution in [0.2, 0.25) is 0 Å². The molecule has 0 aromatic carbocycles. The number of nitrogens with one attached hydrogen (secondary N) is 1. The van der Waals surface area contributed by atoms with Gasteiger partial charge in [-0.15, -0.1) is 0 Å². The predicted molar refractivity (Wildman–Crippen MR) is 83.8 cm³/mol. The predicted octanol–water partition coefficient (Wildman–Crippen LogP) is 4.06. The molecule has 0 aliphatic heterocycles. The van der Waals surface area contributed by atoms with Gasteiger partial charge in [0, 0.05) is 6.04 Å². The van der Waals surface area contributed by atoms with Crippen molar-refractivity contribution in [1.29, 1.82) is 0 Å². The third-order valence-corrected chi connectivity index (χ3v) is 4.31. The van der Waals surface area contributed by atoms with E-state index in [2.05, 4.69) is 12.2 Å². The molecule has 3 nitrogen and oxygen atoms in total. The third-order valence-electron chi connectivity index (χ3n) is 4.31. The Hall–Kier alpha value is -0.570. The maximum atomic E-state index is 11.6. The van der Waals surface area contributed by atoms with E-state index in [1.807, 2.05) is 6.92 Å². The van der Waals surface area contributed by atoms with E-state index >= 15 is 0 Å². The lowest BCUT2D eigenvalue weighted by atomic mass is 9.86. The molecule has 1 fully saturated rings. The number of carbonyl (C=O) groups excluding carboxylic acids is 1. The molecule has 0 heterocycles. The van der Waals surface area contributed by atoms with Crippen LogP contribution in [0, 0.1) is 5.92 Å². The fraction of sp³-hybridized carbons (Fsp3) is 0.941. The first kappa shape index (κ1) is 17.5. The second-order valence-corrected chi connectivity index (χ2v) is 6.02. The number of unbranched alkanes of at least 4 members (excludes halogenated alkanes) is 5. The lowest BCUT2D eigenvalue weighted by Gasteiger charge is -2.28. The zero-order chi connectivity index (χ0) is 14.6. The Labute approximate surface area is 124 Å². The minimum atomic E-state index is 0.0156. The van der Waals surface area contributed by atoms with E-state index in [-0.39, 0.29) is 11.9 Å². The van der Waals surface area contributed by atoms with E-state index in [0.29, 0.717) is 12.6 Å². The van der Waals surface area contributed by atoms with E-state index in [4.69, 9.17) is 4.74 Å². The Balaban J connectivity index is 1.98. The summed E-state index contributed by atoms with van der Waals surface area (Å²) in [6.45, 7) is 5.79. The highest BCUT2D eigenvalue weighted by molar-refractivity contribution is 5.72. The molecule has 0 aromatic heterocycles. The molecule has 20 heavy (non-hydrogen) atoms. The highest BCUT2D eigenvalue weighted by Crippen LogP contribution is 2.25. The van der Waals surface area contributed by atoms with Crippen LogP contribution in [-0.4, -0.2) is 25.2 Å². The standard InChI is InChI=1S/C17H33NO2/c1-3-5-6-7-8-9-14-18-16-12-10-15(11-13-16)17(19)20-4-2/h15-16,18H,3-14H2,1-2H3. The van der Waals surface area contributed by atoms with Crippen molar-refractivity contribution in [2.24, 2.45) is 5.92 Å². The summed E-state index contributed by atoms with van der Waals surface area (Å²) in [7, 11) is 0. The summed E-state index contributed by atoms with van der Waals surface area (Å²) in [5.41, 5.74) is 0. The fourth-order valence-corrected chi connectivity index (χ4v) is 3.00. The number of ether oxygens (including phenoxy) is 1. The number of rotatable bonds is 10. The number of esters is 1. The van der Waals surface area contributed by atoms with Gasteiger partial charge in [0.15, 0.2) is 0 Å². The van der Waals surface area contributed by atoms with E-state index in [9.17, 15) is 4.79 Å². The van der Waals surface area contributed by atoms with Crippen LogP contribution in [0.4, 0.5) is 0 Å². The Morgan fingerprint density at radius 1 is 1.00 bits per heavy atom. The third kappa shape index (κ3) is 7.28. The molecule has 0 aromatic rings. The molecule has 1 aliphatic rings. The highest BCUT2D eigenvalue weighted by Gasteiger charge is 2.26. The lowest BCUT2D eigenvalue weighted by Crippen LogP contribution is -2.35. The van der Waals surface area contributed by atoms with Crippen LogP contribution in [0.3, 0.4) is 0 Å². The van der Waals surface area contributed by atoms with Crippen molar-refractivity contribution in [1.82, 2.24) is 5.32 Å². The smallest absolute Gasteiger partial charge is 0.308 e. The average Bonchev–Trinajstić information content (AvgIpc) is 2.47. The molecule has 1 saturated carbocycles. The molecular weight excluding hydrogens is 250 g/mol. The summed E-state index contributed by atoms with van der Waals surface area (Å²) in [4.78, 5) is 11.6. The molecule has 1 aliphatic carbocycles. The Morgan fingerprint density at radius 3 is 2.30 bits per heavy atom. The van der Waals surface area contributed by atoms with Crippen molar-refractivity contribution < 1.29 is 9.53 Å². The van der Waals surface area contributed by atoms with Crippen LogP contribution in [0.15, 0.2) is 0 Å². The maximum absolute atomic E-state index is 11.6. The van der Waals surface area contributed by atoms with E-state index < -0.39 is 0 Å². The van der Waals surface area contributed by atoms with Gasteiger partial charge in [0.2, 0.25) is 0 Å². The van der Waals surface area contributed by atoms with Gasteiger partial charge in [0.05, 0.1) is 12.5 Å². The van der Waals surface area contributed by atoms with Gasteiger partial charge in [-0.1, -0.05) is 39.0 Å². The van der Waals surface area contributed by atoms with Gasteiger partial charge in [0.25, 0.3) is 0 Å². The molecule has 3 heteroatoms. The summed E-state index contributed by atoms with van der Waals surface area (Å²) in [5.74, 6) is 0.170. The van der Waals surface area contributed by atoms with Crippen LogP contribution < -0.4 is 5.32 Å². The number of carbonyl (C=O) groups is 1. The van der Waals surface area contributed by atoms with Crippen LogP contribution in [0.1, 0.15) is 78.1 Å². The zero-order valence-corrected chi connectivity index (χ0v) is 13.5. The molecular formula is C17H33NO2. The Morgan fingerprint density at radius 2 is 1.65 bits per heavy atom. The molecule has 0 atom stereocenters. The topological polar surface area (TPSA) is 38.3 Å². The molecule has 0 amide bonds. The second-order valence-electron chi connectivity index (χ2n) is 6.02. The van der Waals surface area contributed by atoms with Crippen molar-refractivity contribution in [2.45, 2.75) is 84.1 Å². The SMILES string of the molecule is CCCCCCCCNC1CCC(C(=O)OCC)CC1. The average molecular weight is 283 g/mol. The van der Waals surface area contributed by atoms with Crippen LogP contribution in [0.25, 0.3) is 0 Å². The lowest BCUT2D eigenvalue weighted by molar-refractivity contribution is -0.149. The van der Waals surface area contributed by atoms with E-state index in [1.165, 1.54) is 38.5 Å². The summed E-state index contributed by atoms with van der Waals surface area (Å²) < 4.78 is 5.10. The quantitative estimate of drug-likeness (QED) is 0.485. The second kappa shape index (κ2) is 11.1. The molecule has 1 rings (SSSR count). The van der Waals surface area contributed by atoms with Gasteiger partial charge in [-0.05, 0) is 45.6 Å². The maximum Gasteiger partial charge on any atom is 0.308 e. The highest BCUT2D eigenvalue weighted by atomic mass is 16.5. The summed E-state index contributed by atoms with van der Waals surface area (Å²) in [6, 6.07) is 0.622. The number of hydrogen-bond donors (Lipinski definition) is 1. The van der Waals surface area contributed by atoms with Crippen molar-refractivity contribution in [3.63, 3.8) is 0 Å². The molecule has 118 valence electrons. The summed E-state index contributed by atoms with van der Waals surface area (Å²) in [6.07, 6.45) is 12.4. The number of hydrogen-bond acceptors (Lipinski definition) is 3. The van der Waals surface area contributed by atoms with Crippen LogP contribution >= 0.6 is 0 Å². The van der Waals surface area contributed by atoms with Gasteiger partial charge < -0.3 is 10.1 Å². The van der Waals surface area contributed by atoms with E-state index in [1.54, 1.807) is 0 Å². The van der Waals surface area contributed by atoms with Gasteiger partial charge in [0.1, 0.15) is 0 Å². The van der Waals surface area contributed by atoms with Gasteiger partial charge in [-0.2, -0.15) is 0 Å². The molecule has 0 radical (unpaired) electrons. The van der Waals surface area contributed by atoms with Crippen LogP contribution in [-0.2, 0) is 9.53 Å². The van der Waals surface area contributed by atoms with Gasteiger partial charge >= 0.3 is 5.97 Å². The minimum absolute atomic E-state index is 0.0156. The molecule has 1 N–H and O–H groups in total. The first-order valence-electron chi connectivity index (χ1n) is 8.68. The normalized spacial score (nSPS) is 22.7. The largest absolute Gasteiger partial charge is 0.466 e. The van der Waals surface area contributed by atoms with Crippen LogP contribution in [0.5, 0.6) is 0 Å². The Bertz CT molecular complexity index is 247. The Kier molecular flexibility index (Phi) is 9.73. The first-order chi connectivity index (χ1) is 9.77. The molecule has 0 spiro atoms. The van der Waals surface area contributed by atoms with Crippen molar-refractivity contribution in [3.8, 4) is 0 Å². The van der Waals surface area contributed by atoms with Crippen molar-refractivity contribution >= 4 is 5.97 Å². The first-order valence-corrected chi connectivity index (χ1v) is 8.68. The minimum Gasteiger partial charge on any atom is -0.466 e.